The van der Waals surface area contributed by atoms with Crippen LogP contribution in [0, 0.1) is 0 Å². The summed E-state index contributed by atoms with van der Waals surface area (Å²) in [7, 11) is 0. The highest BCUT2D eigenvalue weighted by atomic mass is 79.9. The van der Waals surface area contributed by atoms with E-state index in [0.29, 0.717) is 9.73 Å². The molecule has 1 amide bonds. The Balaban J connectivity index is 2.25. The summed E-state index contributed by atoms with van der Waals surface area (Å²) in [4.78, 5) is 25.2. The predicted octanol–water partition coefficient (Wildman–Crippen LogP) is 0.518. The lowest BCUT2D eigenvalue weighted by molar-refractivity contribution is -0.137. The Labute approximate surface area is 97.8 Å². The van der Waals surface area contributed by atoms with E-state index in [4.69, 9.17) is 5.11 Å². The molecule has 0 aliphatic carbocycles. The molecule has 0 unspecified atom stereocenters. The number of carbonyl (C=O) groups excluding carboxylic acids is 1. The lowest BCUT2D eigenvalue weighted by atomic mass is 10.5. The molecule has 1 rings (SSSR count). The van der Waals surface area contributed by atoms with Gasteiger partial charge in [0.2, 0.25) is 5.91 Å². The van der Waals surface area contributed by atoms with Crippen molar-refractivity contribution in [3.63, 3.8) is 0 Å². The fraction of sp³-hybridized carbons (Fsp3) is 0.286. The highest BCUT2D eigenvalue weighted by Gasteiger charge is 2.04. The Morgan fingerprint density at radius 1 is 1.53 bits per heavy atom. The molecule has 1 heterocycles. The van der Waals surface area contributed by atoms with Crippen LogP contribution in [0.1, 0.15) is 0 Å². The number of nitrogens with one attached hydrogen (secondary N) is 2. The molecule has 1 aromatic heterocycles. The van der Waals surface area contributed by atoms with E-state index in [0.717, 1.165) is 0 Å². The summed E-state index contributed by atoms with van der Waals surface area (Å²) >= 11 is 4.52. The third kappa shape index (κ3) is 4.75. The predicted molar refractivity (Wildman–Crippen MR) is 58.9 cm³/mol. The number of hydrogen-bond acceptors (Lipinski definition) is 5. The molecule has 0 radical (unpaired) electrons. The third-order valence-electron chi connectivity index (χ3n) is 1.31. The van der Waals surface area contributed by atoms with Crippen LogP contribution in [0.4, 0.5) is 5.13 Å². The molecule has 82 valence electrons. The zero-order valence-electron chi connectivity index (χ0n) is 7.49. The third-order valence-corrected chi connectivity index (χ3v) is 2.82. The Morgan fingerprint density at radius 3 is 2.80 bits per heavy atom. The van der Waals surface area contributed by atoms with Gasteiger partial charge in [0.25, 0.3) is 0 Å². The second kappa shape index (κ2) is 5.66. The van der Waals surface area contributed by atoms with Gasteiger partial charge in [-0.15, -0.1) is 11.3 Å². The van der Waals surface area contributed by atoms with Crippen LogP contribution in [-0.4, -0.2) is 35.1 Å². The number of anilines is 1. The van der Waals surface area contributed by atoms with E-state index < -0.39 is 5.97 Å². The molecule has 0 spiro atoms. The number of amides is 1. The summed E-state index contributed by atoms with van der Waals surface area (Å²) in [6.45, 7) is -0.366. The molecule has 6 nitrogen and oxygen atoms in total. The molecular formula is C7H8BrN3O3S. The molecular weight excluding hydrogens is 286 g/mol. The van der Waals surface area contributed by atoms with Crippen molar-refractivity contribution in [2.24, 2.45) is 0 Å². The van der Waals surface area contributed by atoms with Gasteiger partial charge in [-0.1, -0.05) is 0 Å². The number of halogens is 1. The molecule has 3 N–H and O–H groups in total. The summed E-state index contributed by atoms with van der Waals surface area (Å²) in [6, 6.07) is 0. The van der Waals surface area contributed by atoms with Crippen LogP contribution in [0.3, 0.4) is 0 Å². The Kier molecular flexibility index (Phi) is 4.50. The minimum absolute atomic E-state index is 0.00718. The van der Waals surface area contributed by atoms with Crippen molar-refractivity contribution >= 4 is 44.3 Å². The number of aliphatic carboxylic acids is 1. The number of nitrogens with zero attached hydrogens (tertiary/aromatic N) is 1. The Bertz CT molecular complexity index is 368. The average Bonchev–Trinajstić information content (AvgIpc) is 2.58. The van der Waals surface area contributed by atoms with Gasteiger partial charge in [0.1, 0.15) is 11.1 Å². The maximum atomic E-state index is 11.1. The smallest absolute Gasteiger partial charge is 0.322 e. The summed E-state index contributed by atoms with van der Waals surface area (Å²) in [5.41, 5.74) is 0. The molecule has 0 fully saturated rings. The monoisotopic (exact) mass is 293 g/mol. The average molecular weight is 294 g/mol. The first-order valence-corrected chi connectivity index (χ1v) is 5.58. The topological polar surface area (TPSA) is 91.3 Å². The van der Waals surface area contributed by atoms with Gasteiger partial charge in [-0.3, -0.25) is 9.59 Å². The highest BCUT2D eigenvalue weighted by molar-refractivity contribution is 9.10. The van der Waals surface area contributed by atoms with Crippen molar-refractivity contribution in [2.75, 3.05) is 18.4 Å². The summed E-state index contributed by atoms with van der Waals surface area (Å²) < 4.78 is 0.695. The molecule has 0 bridgehead atoms. The van der Waals surface area contributed by atoms with Crippen molar-refractivity contribution in [3.8, 4) is 0 Å². The number of thiazole rings is 1. The first-order chi connectivity index (χ1) is 7.08. The molecule has 0 saturated carbocycles. The SMILES string of the molecule is O=C(O)CNC(=O)CNc1nc(Br)cs1. The van der Waals surface area contributed by atoms with Crippen molar-refractivity contribution in [1.29, 1.82) is 0 Å². The summed E-state index contributed by atoms with van der Waals surface area (Å²) in [5, 5.41) is 15.7. The zero-order chi connectivity index (χ0) is 11.3. The number of carboxylic acid groups (broad SMARTS) is 1. The number of carbonyl (C=O) groups is 2. The second-order valence-corrected chi connectivity index (χ2v) is 4.17. The molecule has 0 aromatic carbocycles. The summed E-state index contributed by atoms with van der Waals surface area (Å²) in [5.74, 6) is -1.45. The maximum Gasteiger partial charge on any atom is 0.322 e. The number of aromatic nitrogens is 1. The van der Waals surface area contributed by atoms with E-state index in [1.807, 2.05) is 0 Å². The van der Waals surface area contributed by atoms with E-state index in [1.165, 1.54) is 11.3 Å². The van der Waals surface area contributed by atoms with Crippen LogP contribution < -0.4 is 10.6 Å². The molecule has 0 aliphatic heterocycles. The molecule has 1 aromatic rings. The lowest BCUT2D eigenvalue weighted by Crippen LogP contribution is -2.33. The first-order valence-electron chi connectivity index (χ1n) is 3.91. The van der Waals surface area contributed by atoms with Crippen molar-refractivity contribution < 1.29 is 14.7 Å². The standard InChI is InChI=1S/C7H8BrN3O3S/c8-4-3-15-7(11-4)10-1-5(12)9-2-6(13)14/h3H,1-2H2,(H,9,12)(H,10,11)(H,13,14). The minimum Gasteiger partial charge on any atom is -0.480 e. The van der Waals surface area contributed by atoms with Crippen molar-refractivity contribution in [2.45, 2.75) is 0 Å². The molecule has 0 aliphatic rings. The largest absolute Gasteiger partial charge is 0.480 e. The van der Waals surface area contributed by atoms with E-state index in [9.17, 15) is 9.59 Å². The molecule has 0 atom stereocenters. The summed E-state index contributed by atoms with van der Waals surface area (Å²) in [6.07, 6.45) is 0. The van der Waals surface area contributed by atoms with Gasteiger partial charge in [0.15, 0.2) is 5.13 Å². The van der Waals surface area contributed by atoms with Crippen molar-refractivity contribution in [1.82, 2.24) is 10.3 Å². The van der Waals surface area contributed by atoms with Crippen LogP contribution in [-0.2, 0) is 9.59 Å². The fourth-order valence-corrected chi connectivity index (χ4v) is 1.87. The van der Waals surface area contributed by atoms with Gasteiger partial charge in [-0.2, -0.15) is 0 Å². The van der Waals surface area contributed by atoms with E-state index in [-0.39, 0.29) is 19.0 Å². The van der Waals surface area contributed by atoms with Crippen LogP contribution in [0.15, 0.2) is 9.98 Å². The van der Waals surface area contributed by atoms with Gasteiger partial charge in [-0.25, -0.2) is 4.98 Å². The van der Waals surface area contributed by atoms with Gasteiger partial charge < -0.3 is 15.7 Å². The number of rotatable bonds is 5. The van der Waals surface area contributed by atoms with Gasteiger partial charge >= 0.3 is 5.97 Å². The Morgan fingerprint density at radius 2 is 2.27 bits per heavy atom. The van der Waals surface area contributed by atoms with E-state index in [2.05, 4.69) is 31.5 Å². The van der Waals surface area contributed by atoms with Gasteiger partial charge in [0, 0.05) is 5.38 Å². The first kappa shape index (κ1) is 11.9. The van der Waals surface area contributed by atoms with Crippen LogP contribution in [0.5, 0.6) is 0 Å². The maximum absolute atomic E-state index is 11.1. The van der Waals surface area contributed by atoms with Crippen LogP contribution in [0.2, 0.25) is 0 Å². The zero-order valence-corrected chi connectivity index (χ0v) is 9.89. The van der Waals surface area contributed by atoms with E-state index in [1.54, 1.807) is 5.38 Å². The van der Waals surface area contributed by atoms with Crippen molar-refractivity contribution in [3.05, 3.63) is 9.98 Å². The fourth-order valence-electron chi connectivity index (χ4n) is 0.728. The van der Waals surface area contributed by atoms with Gasteiger partial charge in [0.05, 0.1) is 6.54 Å². The van der Waals surface area contributed by atoms with Crippen LogP contribution >= 0.6 is 27.3 Å². The van der Waals surface area contributed by atoms with E-state index >= 15 is 0 Å². The Hall–Kier alpha value is -1.15. The lowest BCUT2D eigenvalue weighted by Gasteiger charge is -2.02. The number of carboxylic acids is 1. The van der Waals surface area contributed by atoms with Gasteiger partial charge in [-0.05, 0) is 15.9 Å². The second-order valence-electron chi connectivity index (χ2n) is 2.50. The molecule has 0 saturated heterocycles. The quantitative estimate of drug-likeness (QED) is 0.736. The number of hydrogen-bond donors (Lipinski definition) is 3. The van der Waals surface area contributed by atoms with Crippen LogP contribution in [0.25, 0.3) is 0 Å². The highest BCUT2D eigenvalue weighted by Crippen LogP contribution is 2.18. The molecule has 15 heavy (non-hydrogen) atoms. The normalized spacial score (nSPS) is 9.67. The minimum atomic E-state index is -1.07. The molecule has 8 heteroatoms.